The molecule has 1 N–H and O–H groups in total. The van der Waals surface area contributed by atoms with Gasteiger partial charge in [-0.3, -0.25) is 0 Å². The molecule has 5 heteroatoms. The number of hydrogen-bond donors (Lipinski definition) is 1. The average molecular weight is 162 g/mol. The lowest BCUT2D eigenvalue weighted by Gasteiger charge is -2.09. The first-order valence-electron chi connectivity index (χ1n) is 3.46. The van der Waals surface area contributed by atoms with Crippen LogP contribution in [0, 0.1) is 0 Å². The lowest BCUT2D eigenvalue weighted by molar-refractivity contribution is 0.432. The van der Waals surface area contributed by atoms with E-state index >= 15 is 0 Å². The third-order valence-corrected chi connectivity index (χ3v) is 3.76. The first-order chi connectivity index (χ1) is 4.70. The van der Waals surface area contributed by atoms with E-state index in [9.17, 15) is 8.42 Å². The summed E-state index contributed by atoms with van der Waals surface area (Å²) in [5.41, 5.74) is 0. The lowest BCUT2D eigenvalue weighted by Crippen LogP contribution is -2.29. The fourth-order valence-electron chi connectivity index (χ4n) is 1.61. The summed E-state index contributed by atoms with van der Waals surface area (Å²) >= 11 is 0. The highest BCUT2D eigenvalue weighted by Crippen LogP contribution is 2.23. The SMILES string of the molecule is O=S1(=O)NCC2CCCN21. The highest BCUT2D eigenvalue weighted by atomic mass is 32.2. The Balaban J connectivity index is 2.32. The molecule has 2 aliphatic heterocycles. The minimum absolute atomic E-state index is 0.255. The molecule has 2 saturated heterocycles. The van der Waals surface area contributed by atoms with Crippen molar-refractivity contribution in [1.29, 1.82) is 0 Å². The molecule has 2 aliphatic rings. The van der Waals surface area contributed by atoms with Gasteiger partial charge in [0.05, 0.1) is 0 Å². The molecule has 0 aromatic carbocycles. The summed E-state index contributed by atoms with van der Waals surface area (Å²) in [6.45, 7) is 1.32. The van der Waals surface area contributed by atoms with Crippen LogP contribution in [0.3, 0.4) is 0 Å². The zero-order valence-corrected chi connectivity index (χ0v) is 6.39. The van der Waals surface area contributed by atoms with Gasteiger partial charge >= 0.3 is 0 Å². The Bertz CT molecular complexity index is 236. The highest BCUT2D eigenvalue weighted by Gasteiger charge is 2.39. The van der Waals surface area contributed by atoms with E-state index < -0.39 is 10.2 Å². The second-order valence-electron chi connectivity index (χ2n) is 2.76. The van der Waals surface area contributed by atoms with Crippen molar-refractivity contribution in [1.82, 2.24) is 9.03 Å². The Kier molecular flexibility index (Phi) is 1.27. The summed E-state index contributed by atoms with van der Waals surface area (Å²) < 4.78 is 26.2. The monoisotopic (exact) mass is 162 g/mol. The van der Waals surface area contributed by atoms with Gasteiger partial charge in [-0.05, 0) is 12.8 Å². The topological polar surface area (TPSA) is 49.4 Å². The lowest BCUT2D eigenvalue weighted by atomic mass is 10.2. The second kappa shape index (κ2) is 1.93. The Hall–Kier alpha value is -0.130. The maximum atomic E-state index is 11.1. The zero-order valence-electron chi connectivity index (χ0n) is 5.58. The number of nitrogens with zero attached hydrogens (tertiary/aromatic N) is 1. The summed E-state index contributed by atoms with van der Waals surface area (Å²) in [5.74, 6) is 0. The van der Waals surface area contributed by atoms with Crippen molar-refractivity contribution >= 4 is 10.2 Å². The van der Waals surface area contributed by atoms with Crippen LogP contribution >= 0.6 is 0 Å². The Labute approximate surface area is 60.4 Å². The van der Waals surface area contributed by atoms with Gasteiger partial charge in [0.2, 0.25) is 0 Å². The van der Waals surface area contributed by atoms with E-state index in [4.69, 9.17) is 0 Å². The van der Waals surface area contributed by atoms with Crippen molar-refractivity contribution in [2.45, 2.75) is 18.9 Å². The molecule has 0 bridgehead atoms. The van der Waals surface area contributed by atoms with Crippen LogP contribution in [-0.2, 0) is 10.2 Å². The highest BCUT2D eigenvalue weighted by molar-refractivity contribution is 7.87. The molecule has 0 spiro atoms. The van der Waals surface area contributed by atoms with E-state index in [1.54, 1.807) is 4.31 Å². The van der Waals surface area contributed by atoms with E-state index in [1.807, 2.05) is 0 Å². The van der Waals surface area contributed by atoms with E-state index in [0.29, 0.717) is 13.1 Å². The normalized spacial score (nSPS) is 38.2. The van der Waals surface area contributed by atoms with Crippen LogP contribution < -0.4 is 4.72 Å². The van der Waals surface area contributed by atoms with Crippen LogP contribution in [0.25, 0.3) is 0 Å². The fourth-order valence-corrected chi connectivity index (χ4v) is 3.12. The minimum Gasteiger partial charge on any atom is -0.200 e. The number of fused-ring (bicyclic) bond motifs is 1. The molecular weight excluding hydrogens is 152 g/mol. The van der Waals surface area contributed by atoms with E-state index in [0.717, 1.165) is 12.8 Å². The van der Waals surface area contributed by atoms with Gasteiger partial charge in [-0.15, -0.1) is 0 Å². The number of hydrogen-bond acceptors (Lipinski definition) is 2. The average Bonchev–Trinajstić information content (AvgIpc) is 2.36. The van der Waals surface area contributed by atoms with Crippen molar-refractivity contribution in [2.24, 2.45) is 0 Å². The molecule has 1 atom stereocenters. The molecule has 4 nitrogen and oxygen atoms in total. The Morgan fingerprint density at radius 1 is 1.50 bits per heavy atom. The van der Waals surface area contributed by atoms with Crippen molar-refractivity contribution in [3.05, 3.63) is 0 Å². The third kappa shape index (κ3) is 0.777. The van der Waals surface area contributed by atoms with E-state index in [1.165, 1.54) is 0 Å². The van der Waals surface area contributed by atoms with Gasteiger partial charge < -0.3 is 0 Å². The molecule has 0 amide bonds. The molecule has 2 fully saturated rings. The summed E-state index contributed by atoms with van der Waals surface area (Å²) in [6, 6.07) is 0.255. The minimum atomic E-state index is -3.04. The molecule has 2 heterocycles. The van der Waals surface area contributed by atoms with Crippen molar-refractivity contribution in [3.8, 4) is 0 Å². The standard InChI is InChI=1S/C5H10N2O2S/c8-10(9)6-4-5-2-1-3-7(5)10/h5-6H,1-4H2. The molecule has 2 rings (SSSR count). The molecular formula is C5H10N2O2S. The number of nitrogens with one attached hydrogen (secondary N) is 1. The van der Waals surface area contributed by atoms with Gasteiger partial charge in [-0.25, -0.2) is 4.72 Å². The van der Waals surface area contributed by atoms with Crippen molar-refractivity contribution < 1.29 is 8.42 Å². The third-order valence-electron chi connectivity index (χ3n) is 2.13. The number of rotatable bonds is 0. The van der Waals surface area contributed by atoms with Crippen molar-refractivity contribution in [3.63, 3.8) is 0 Å². The molecule has 58 valence electrons. The van der Waals surface area contributed by atoms with Crippen LogP contribution in [0.2, 0.25) is 0 Å². The van der Waals surface area contributed by atoms with Crippen LogP contribution in [0.15, 0.2) is 0 Å². The first kappa shape index (κ1) is 6.57. The van der Waals surface area contributed by atoms with Crippen molar-refractivity contribution in [2.75, 3.05) is 13.1 Å². The first-order valence-corrected chi connectivity index (χ1v) is 4.90. The van der Waals surface area contributed by atoms with Gasteiger partial charge in [0, 0.05) is 19.1 Å². The maximum Gasteiger partial charge on any atom is 0.279 e. The molecule has 0 aliphatic carbocycles. The summed E-state index contributed by atoms with van der Waals surface area (Å²) in [6.07, 6.45) is 2.04. The smallest absolute Gasteiger partial charge is 0.200 e. The predicted octanol–water partition coefficient (Wildman–Crippen LogP) is -0.701. The fraction of sp³-hybridized carbons (Fsp3) is 1.00. The molecule has 0 aromatic heterocycles. The largest absolute Gasteiger partial charge is 0.279 e. The molecule has 10 heavy (non-hydrogen) atoms. The predicted molar refractivity (Wildman–Crippen MR) is 36.7 cm³/mol. The van der Waals surface area contributed by atoms with E-state index in [2.05, 4.69) is 4.72 Å². The van der Waals surface area contributed by atoms with Crippen LogP contribution in [0.1, 0.15) is 12.8 Å². The zero-order chi connectivity index (χ0) is 7.19. The summed E-state index contributed by atoms with van der Waals surface area (Å²) in [4.78, 5) is 0. The Morgan fingerprint density at radius 2 is 2.30 bits per heavy atom. The molecule has 0 radical (unpaired) electrons. The molecule has 0 aromatic rings. The van der Waals surface area contributed by atoms with E-state index in [-0.39, 0.29) is 6.04 Å². The van der Waals surface area contributed by atoms with Gasteiger partial charge in [0.25, 0.3) is 10.2 Å². The van der Waals surface area contributed by atoms with Crippen LogP contribution in [0.4, 0.5) is 0 Å². The van der Waals surface area contributed by atoms with Crippen LogP contribution in [0.5, 0.6) is 0 Å². The second-order valence-corrected chi connectivity index (χ2v) is 4.47. The summed E-state index contributed by atoms with van der Waals surface area (Å²) in [7, 11) is -3.04. The summed E-state index contributed by atoms with van der Waals surface area (Å²) in [5, 5.41) is 0. The van der Waals surface area contributed by atoms with Gasteiger partial charge in [-0.2, -0.15) is 12.7 Å². The Morgan fingerprint density at radius 3 is 3.00 bits per heavy atom. The van der Waals surface area contributed by atoms with Gasteiger partial charge in [0.15, 0.2) is 0 Å². The van der Waals surface area contributed by atoms with Gasteiger partial charge in [0.1, 0.15) is 0 Å². The maximum absolute atomic E-state index is 11.1. The quantitative estimate of drug-likeness (QED) is 0.512. The van der Waals surface area contributed by atoms with Gasteiger partial charge in [-0.1, -0.05) is 0 Å². The molecule has 1 unspecified atom stereocenters. The molecule has 0 saturated carbocycles. The van der Waals surface area contributed by atoms with Crippen LogP contribution in [-0.4, -0.2) is 31.9 Å².